The van der Waals surface area contributed by atoms with Crippen LogP contribution in [0.1, 0.15) is 21.5 Å². The first-order valence-corrected chi connectivity index (χ1v) is 12.1. The molecule has 0 aliphatic rings. The number of benzene rings is 4. The molecule has 4 aromatic rings. The highest BCUT2D eigenvalue weighted by Gasteiger charge is 2.17. The van der Waals surface area contributed by atoms with Gasteiger partial charge in [-0.05, 0) is 90.3 Å². The van der Waals surface area contributed by atoms with Gasteiger partial charge in [0, 0.05) is 23.7 Å². The highest BCUT2D eigenvalue weighted by atomic mass is 35.5. The highest BCUT2D eigenvalue weighted by Crippen LogP contribution is 2.28. The van der Waals surface area contributed by atoms with Crippen molar-refractivity contribution in [3.63, 3.8) is 0 Å². The predicted molar refractivity (Wildman–Crippen MR) is 142 cm³/mol. The zero-order valence-corrected chi connectivity index (χ0v) is 21.4. The third-order valence-corrected chi connectivity index (χ3v) is 6.07. The Morgan fingerprint density at radius 1 is 0.811 bits per heavy atom. The molecule has 0 saturated heterocycles. The topological polar surface area (TPSA) is 48.0 Å². The number of nitrogens with zero attached hydrogens (tertiary/aromatic N) is 1. The molecule has 0 N–H and O–H groups in total. The number of hydrogen-bond acceptors (Lipinski definition) is 4. The van der Waals surface area contributed by atoms with Crippen LogP contribution in [0, 0.1) is 5.82 Å². The number of ether oxygens (including phenoxy) is 3. The molecule has 0 aromatic heterocycles. The summed E-state index contributed by atoms with van der Waals surface area (Å²) in [6, 6.07) is 26.0. The van der Waals surface area contributed by atoms with Gasteiger partial charge in [-0.15, -0.1) is 0 Å². The molecule has 0 atom stereocenters. The fourth-order valence-electron chi connectivity index (χ4n) is 3.89. The number of hydrogen-bond donors (Lipinski definition) is 0. The summed E-state index contributed by atoms with van der Waals surface area (Å²) in [5, 5.41) is 0.630. The Morgan fingerprint density at radius 3 is 2.24 bits per heavy atom. The summed E-state index contributed by atoms with van der Waals surface area (Å²) in [4.78, 5) is 15.2. The maximum atomic E-state index is 13.5. The SMILES string of the molecule is COc1ccc(CCN(Cc2cccc(Oc3ccc(Cl)cc3)c2)C(=O)c2ccc(F)cc2)cc1OC. The van der Waals surface area contributed by atoms with Crippen LogP contribution >= 0.6 is 11.6 Å². The summed E-state index contributed by atoms with van der Waals surface area (Å²) in [5.41, 5.74) is 2.31. The monoisotopic (exact) mass is 519 g/mol. The molecular weight excluding hydrogens is 493 g/mol. The Balaban J connectivity index is 1.54. The average Bonchev–Trinajstić information content (AvgIpc) is 2.92. The smallest absolute Gasteiger partial charge is 0.254 e. The van der Waals surface area contributed by atoms with Gasteiger partial charge in [0.15, 0.2) is 11.5 Å². The van der Waals surface area contributed by atoms with Gasteiger partial charge in [-0.1, -0.05) is 29.8 Å². The van der Waals surface area contributed by atoms with Crippen LogP contribution in [0.15, 0.2) is 91.0 Å². The molecule has 0 aliphatic heterocycles. The van der Waals surface area contributed by atoms with Crippen molar-refractivity contribution in [2.24, 2.45) is 0 Å². The average molecular weight is 520 g/mol. The standard InChI is InChI=1S/C30H27ClFNO4/c1-35-28-15-6-21(19-29(28)36-2)16-17-33(30(34)23-7-11-25(32)12-8-23)20-22-4-3-5-27(18-22)37-26-13-9-24(31)10-14-26/h3-15,18-19H,16-17,20H2,1-2H3. The van der Waals surface area contributed by atoms with E-state index in [1.54, 1.807) is 43.4 Å². The van der Waals surface area contributed by atoms with Gasteiger partial charge in [0.25, 0.3) is 5.91 Å². The minimum Gasteiger partial charge on any atom is -0.493 e. The summed E-state index contributed by atoms with van der Waals surface area (Å²) in [6.45, 7) is 0.787. The molecule has 0 heterocycles. The second kappa shape index (κ2) is 12.3. The van der Waals surface area contributed by atoms with E-state index in [1.807, 2.05) is 42.5 Å². The minimum atomic E-state index is -0.388. The zero-order valence-electron chi connectivity index (χ0n) is 20.6. The largest absolute Gasteiger partial charge is 0.493 e. The third kappa shape index (κ3) is 7.02. The summed E-state index contributed by atoms with van der Waals surface area (Å²) in [5.74, 6) is 2.00. The maximum absolute atomic E-state index is 13.5. The van der Waals surface area contributed by atoms with E-state index in [4.69, 9.17) is 25.8 Å². The van der Waals surface area contributed by atoms with Crippen molar-refractivity contribution in [1.29, 1.82) is 0 Å². The fourth-order valence-corrected chi connectivity index (χ4v) is 4.02. The van der Waals surface area contributed by atoms with Crippen molar-refractivity contribution in [3.8, 4) is 23.0 Å². The molecule has 4 aromatic carbocycles. The first-order chi connectivity index (χ1) is 17.9. The molecule has 190 valence electrons. The van der Waals surface area contributed by atoms with Gasteiger partial charge < -0.3 is 19.1 Å². The lowest BCUT2D eigenvalue weighted by molar-refractivity contribution is 0.0745. The molecule has 0 radical (unpaired) electrons. The fraction of sp³-hybridized carbons (Fsp3) is 0.167. The quantitative estimate of drug-likeness (QED) is 0.223. The molecule has 1 amide bonds. The van der Waals surface area contributed by atoms with Crippen LogP contribution in [0.5, 0.6) is 23.0 Å². The number of rotatable bonds is 10. The molecule has 4 rings (SSSR count). The number of carbonyl (C=O) groups excluding carboxylic acids is 1. The summed E-state index contributed by atoms with van der Waals surface area (Å²) in [6.07, 6.45) is 0.592. The van der Waals surface area contributed by atoms with E-state index in [-0.39, 0.29) is 11.7 Å². The van der Waals surface area contributed by atoms with Crippen molar-refractivity contribution in [2.75, 3.05) is 20.8 Å². The van der Waals surface area contributed by atoms with Crippen LogP contribution in [-0.4, -0.2) is 31.6 Å². The Labute approximate surface area is 221 Å². The molecule has 5 nitrogen and oxygen atoms in total. The molecule has 0 fully saturated rings. The molecular formula is C30H27ClFNO4. The van der Waals surface area contributed by atoms with Gasteiger partial charge >= 0.3 is 0 Å². The third-order valence-electron chi connectivity index (χ3n) is 5.82. The van der Waals surface area contributed by atoms with Crippen LogP contribution in [0.25, 0.3) is 0 Å². The Bertz CT molecular complexity index is 1340. The van der Waals surface area contributed by atoms with Gasteiger partial charge in [-0.25, -0.2) is 4.39 Å². The number of carbonyl (C=O) groups is 1. The molecule has 0 saturated carbocycles. The summed E-state index contributed by atoms with van der Waals surface area (Å²) < 4.78 is 30.2. The van der Waals surface area contributed by atoms with E-state index in [1.165, 1.54) is 24.3 Å². The van der Waals surface area contributed by atoms with Crippen molar-refractivity contribution in [2.45, 2.75) is 13.0 Å². The predicted octanol–water partition coefficient (Wildman–Crippen LogP) is 7.17. The lowest BCUT2D eigenvalue weighted by Gasteiger charge is -2.24. The first-order valence-electron chi connectivity index (χ1n) is 11.7. The van der Waals surface area contributed by atoms with Crippen LogP contribution in [0.4, 0.5) is 4.39 Å². The number of halogens is 2. The van der Waals surface area contributed by atoms with Gasteiger partial charge in [-0.3, -0.25) is 4.79 Å². The summed E-state index contributed by atoms with van der Waals surface area (Å²) in [7, 11) is 3.18. The van der Waals surface area contributed by atoms with Crippen LogP contribution in [0.3, 0.4) is 0 Å². The highest BCUT2D eigenvalue weighted by molar-refractivity contribution is 6.30. The zero-order chi connectivity index (χ0) is 26.2. The van der Waals surface area contributed by atoms with Gasteiger partial charge in [0.05, 0.1) is 14.2 Å². The molecule has 7 heteroatoms. The van der Waals surface area contributed by atoms with E-state index in [0.717, 1.165) is 11.1 Å². The Hall–Kier alpha value is -4.03. The second-order valence-electron chi connectivity index (χ2n) is 8.38. The molecule has 0 aliphatic carbocycles. The van der Waals surface area contributed by atoms with E-state index in [9.17, 15) is 9.18 Å². The van der Waals surface area contributed by atoms with Crippen molar-refractivity contribution in [1.82, 2.24) is 4.90 Å². The molecule has 37 heavy (non-hydrogen) atoms. The van der Waals surface area contributed by atoms with E-state index in [0.29, 0.717) is 53.1 Å². The van der Waals surface area contributed by atoms with Gasteiger partial charge in [0.1, 0.15) is 17.3 Å². The Kier molecular flexibility index (Phi) is 8.64. The minimum absolute atomic E-state index is 0.190. The van der Waals surface area contributed by atoms with Gasteiger partial charge in [0.2, 0.25) is 0 Å². The maximum Gasteiger partial charge on any atom is 0.254 e. The van der Waals surface area contributed by atoms with Crippen molar-refractivity contribution in [3.05, 3.63) is 119 Å². The van der Waals surface area contributed by atoms with Crippen LogP contribution in [0.2, 0.25) is 5.02 Å². The lowest BCUT2D eigenvalue weighted by atomic mass is 10.1. The molecule has 0 unspecified atom stereocenters. The molecule has 0 bridgehead atoms. The summed E-state index contributed by atoms with van der Waals surface area (Å²) >= 11 is 5.96. The van der Waals surface area contributed by atoms with E-state index < -0.39 is 0 Å². The van der Waals surface area contributed by atoms with Crippen molar-refractivity contribution >= 4 is 17.5 Å². The number of methoxy groups -OCH3 is 2. The van der Waals surface area contributed by atoms with Crippen LogP contribution in [-0.2, 0) is 13.0 Å². The second-order valence-corrected chi connectivity index (χ2v) is 8.81. The Morgan fingerprint density at radius 2 is 1.54 bits per heavy atom. The lowest BCUT2D eigenvalue weighted by Crippen LogP contribution is -2.32. The van der Waals surface area contributed by atoms with Crippen molar-refractivity contribution < 1.29 is 23.4 Å². The first kappa shape index (κ1) is 26.0. The van der Waals surface area contributed by atoms with Gasteiger partial charge in [-0.2, -0.15) is 0 Å². The number of amides is 1. The van der Waals surface area contributed by atoms with E-state index >= 15 is 0 Å². The van der Waals surface area contributed by atoms with Crippen LogP contribution < -0.4 is 14.2 Å². The molecule has 0 spiro atoms. The normalized spacial score (nSPS) is 10.6. The van der Waals surface area contributed by atoms with E-state index in [2.05, 4.69) is 0 Å².